The number of hydrogen-bond donors (Lipinski definition) is 0. The first-order valence-corrected chi connectivity index (χ1v) is 9.70. The highest BCUT2D eigenvalue weighted by molar-refractivity contribution is 5.30. The van der Waals surface area contributed by atoms with Gasteiger partial charge in [0.1, 0.15) is 5.75 Å². The molecule has 0 amide bonds. The third-order valence-corrected chi connectivity index (χ3v) is 4.80. The molecule has 0 aliphatic heterocycles. The largest absolute Gasteiger partial charge is 0.497 e. The van der Waals surface area contributed by atoms with Crippen molar-refractivity contribution in [3.8, 4) is 5.75 Å². The zero-order valence-corrected chi connectivity index (χ0v) is 18.1. The van der Waals surface area contributed by atoms with E-state index in [1.807, 2.05) is 12.1 Å². The van der Waals surface area contributed by atoms with Crippen LogP contribution in [0.25, 0.3) is 0 Å². The van der Waals surface area contributed by atoms with Gasteiger partial charge in [-0.1, -0.05) is 60.6 Å². The van der Waals surface area contributed by atoms with Gasteiger partial charge in [0.05, 0.1) is 13.2 Å². The van der Waals surface area contributed by atoms with Crippen molar-refractivity contribution in [1.29, 1.82) is 0 Å². The van der Waals surface area contributed by atoms with Crippen molar-refractivity contribution in [2.24, 2.45) is 5.92 Å². The molecule has 0 N–H and O–H groups in total. The minimum absolute atomic E-state index is 0.142. The predicted octanol–water partition coefficient (Wildman–Crippen LogP) is 6.69. The highest BCUT2D eigenvalue weighted by Gasteiger charge is 2.15. The SMILES string of the molecule is C/C=C(\C)C(OC)C(C)/C=C(C)/C=C/C/C(C)=C\Cc1cccc(OC)c1. The van der Waals surface area contributed by atoms with Gasteiger partial charge in [0.25, 0.3) is 0 Å². The summed E-state index contributed by atoms with van der Waals surface area (Å²) in [5, 5.41) is 0. The van der Waals surface area contributed by atoms with E-state index in [1.165, 1.54) is 22.3 Å². The molecule has 0 bridgehead atoms. The molecule has 27 heavy (non-hydrogen) atoms. The molecule has 2 heteroatoms. The summed E-state index contributed by atoms with van der Waals surface area (Å²) in [6, 6.07) is 8.24. The van der Waals surface area contributed by atoms with Crippen molar-refractivity contribution in [2.45, 2.75) is 53.6 Å². The molecule has 1 aromatic rings. The van der Waals surface area contributed by atoms with E-state index < -0.39 is 0 Å². The van der Waals surface area contributed by atoms with E-state index >= 15 is 0 Å². The second kappa shape index (κ2) is 12.3. The first kappa shape index (κ1) is 23.0. The first-order chi connectivity index (χ1) is 12.9. The lowest BCUT2D eigenvalue weighted by Gasteiger charge is -2.21. The number of hydrogen-bond acceptors (Lipinski definition) is 2. The van der Waals surface area contributed by atoms with Gasteiger partial charge in [-0.2, -0.15) is 0 Å². The fraction of sp³-hybridized carbons (Fsp3) is 0.440. The Kier molecular flexibility index (Phi) is 10.5. The van der Waals surface area contributed by atoms with Gasteiger partial charge >= 0.3 is 0 Å². The van der Waals surface area contributed by atoms with E-state index in [0.717, 1.165) is 18.6 Å². The predicted molar refractivity (Wildman–Crippen MR) is 117 cm³/mol. The maximum atomic E-state index is 5.64. The van der Waals surface area contributed by atoms with Crippen molar-refractivity contribution in [2.75, 3.05) is 14.2 Å². The Balaban J connectivity index is 2.60. The highest BCUT2D eigenvalue weighted by atomic mass is 16.5. The van der Waals surface area contributed by atoms with E-state index in [4.69, 9.17) is 9.47 Å². The van der Waals surface area contributed by atoms with Crippen molar-refractivity contribution in [3.63, 3.8) is 0 Å². The highest BCUT2D eigenvalue weighted by Crippen LogP contribution is 2.19. The monoisotopic (exact) mass is 368 g/mol. The Morgan fingerprint density at radius 3 is 2.52 bits per heavy atom. The van der Waals surface area contributed by atoms with Crippen LogP contribution in [0.3, 0.4) is 0 Å². The molecule has 0 spiro atoms. The average Bonchev–Trinajstić information content (AvgIpc) is 2.66. The fourth-order valence-electron chi connectivity index (χ4n) is 3.14. The van der Waals surface area contributed by atoms with E-state index in [9.17, 15) is 0 Å². The second-order valence-corrected chi connectivity index (χ2v) is 7.17. The van der Waals surface area contributed by atoms with Gasteiger partial charge in [-0.05, 0) is 63.8 Å². The van der Waals surface area contributed by atoms with Crippen molar-refractivity contribution in [3.05, 3.63) is 76.9 Å². The molecule has 0 fully saturated rings. The lowest BCUT2D eigenvalue weighted by Crippen LogP contribution is -2.20. The van der Waals surface area contributed by atoms with Crippen LogP contribution in [-0.4, -0.2) is 20.3 Å². The van der Waals surface area contributed by atoms with Crippen LogP contribution in [-0.2, 0) is 11.2 Å². The van der Waals surface area contributed by atoms with E-state index in [-0.39, 0.29) is 6.10 Å². The molecule has 0 saturated carbocycles. The Morgan fingerprint density at radius 2 is 1.89 bits per heavy atom. The Morgan fingerprint density at radius 1 is 1.15 bits per heavy atom. The van der Waals surface area contributed by atoms with Gasteiger partial charge in [-0.3, -0.25) is 0 Å². The van der Waals surface area contributed by atoms with Crippen LogP contribution in [0.4, 0.5) is 0 Å². The topological polar surface area (TPSA) is 18.5 Å². The zero-order chi connectivity index (χ0) is 20.2. The summed E-state index contributed by atoms with van der Waals surface area (Å²) in [4.78, 5) is 0. The van der Waals surface area contributed by atoms with E-state index in [1.54, 1.807) is 14.2 Å². The van der Waals surface area contributed by atoms with Gasteiger partial charge in [0.15, 0.2) is 0 Å². The summed E-state index contributed by atoms with van der Waals surface area (Å²) in [5.74, 6) is 1.26. The molecular formula is C25H36O2. The summed E-state index contributed by atoms with van der Waals surface area (Å²) in [6.45, 7) is 10.7. The van der Waals surface area contributed by atoms with Gasteiger partial charge in [0.2, 0.25) is 0 Å². The maximum absolute atomic E-state index is 5.64. The van der Waals surface area contributed by atoms with Gasteiger partial charge < -0.3 is 9.47 Å². The first-order valence-electron chi connectivity index (χ1n) is 9.70. The molecule has 1 aromatic carbocycles. The summed E-state index contributed by atoms with van der Waals surface area (Å²) in [7, 11) is 3.49. The van der Waals surface area contributed by atoms with E-state index in [0.29, 0.717) is 5.92 Å². The minimum Gasteiger partial charge on any atom is -0.497 e. The molecule has 0 aliphatic carbocycles. The molecule has 2 unspecified atom stereocenters. The summed E-state index contributed by atoms with van der Waals surface area (Å²) in [6.07, 6.45) is 13.2. The number of rotatable bonds is 10. The molecule has 0 aliphatic rings. The van der Waals surface area contributed by atoms with Crippen molar-refractivity contribution >= 4 is 0 Å². The van der Waals surface area contributed by atoms with E-state index in [2.05, 4.69) is 77.1 Å². The van der Waals surface area contributed by atoms with Crippen molar-refractivity contribution < 1.29 is 9.47 Å². The van der Waals surface area contributed by atoms with Crippen LogP contribution >= 0.6 is 0 Å². The van der Waals surface area contributed by atoms with Gasteiger partial charge in [-0.25, -0.2) is 0 Å². The minimum atomic E-state index is 0.142. The Bertz CT molecular complexity index is 692. The Hall–Kier alpha value is -2.06. The zero-order valence-electron chi connectivity index (χ0n) is 18.1. The molecule has 0 aromatic heterocycles. The lowest BCUT2D eigenvalue weighted by atomic mass is 9.95. The quantitative estimate of drug-likeness (QED) is 0.338. The number of methoxy groups -OCH3 is 2. The van der Waals surface area contributed by atoms with Crippen LogP contribution in [0.1, 0.15) is 46.6 Å². The normalized spacial score (nSPS) is 15.9. The van der Waals surface area contributed by atoms with Gasteiger partial charge in [0, 0.05) is 13.0 Å². The van der Waals surface area contributed by atoms with Gasteiger partial charge in [-0.15, -0.1) is 0 Å². The van der Waals surface area contributed by atoms with Crippen LogP contribution in [0, 0.1) is 5.92 Å². The standard InChI is InChI=1S/C25H36O2/c1-8-21(4)25(27-7)22(5)17-20(3)12-9-11-19(2)15-16-23-13-10-14-24(18-23)26-6/h8-10,12-15,17-18,22,25H,11,16H2,1-7H3/b12-9+,19-15-,20-17+,21-8+. The third-order valence-electron chi connectivity index (χ3n) is 4.80. The fourth-order valence-corrected chi connectivity index (χ4v) is 3.14. The molecule has 1 rings (SSSR count). The third kappa shape index (κ3) is 8.45. The summed E-state index contributed by atoms with van der Waals surface area (Å²) < 4.78 is 10.9. The smallest absolute Gasteiger partial charge is 0.119 e. The van der Waals surface area contributed by atoms with Crippen molar-refractivity contribution in [1.82, 2.24) is 0 Å². The molecular weight excluding hydrogens is 332 g/mol. The Labute approximate surface area is 166 Å². The molecule has 0 saturated heterocycles. The molecule has 0 radical (unpaired) electrons. The second-order valence-electron chi connectivity index (χ2n) is 7.17. The van der Waals surface area contributed by atoms with Crippen LogP contribution in [0.15, 0.2) is 71.4 Å². The maximum Gasteiger partial charge on any atom is 0.119 e. The van der Waals surface area contributed by atoms with Crippen LogP contribution < -0.4 is 4.74 Å². The average molecular weight is 369 g/mol. The lowest BCUT2D eigenvalue weighted by molar-refractivity contribution is 0.103. The summed E-state index contributed by atoms with van der Waals surface area (Å²) in [5.41, 5.74) is 5.19. The van der Waals surface area contributed by atoms with Crippen LogP contribution in [0.2, 0.25) is 0 Å². The number of ether oxygens (including phenoxy) is 2. The molecule has 148 valence electrons. The number of benzene rings is 1. The van der Waals surface area contributed by atoms with Crippen LogP contribution in [0.5, 0.6) is 5.75 Å². The molecule has 2 atom stereocenters. The molecule has 2 nitrogen and oxygen atoms in total. The summed E-state index contributed by atoms with van der Waals surface area (Å²) >= 11 is 0. The molecule has 0 heterocycles. The number of allylic oxidation sites excluding steroid dienone is 6.